The van der Waals surface area contributed by atoms with Gasteiger partial charge in [0.1, 0.15) is 5.75 Å². The largest absolute Gasteiger partial charge is 0.497 e. The van der Waals surface area contributed by atoms with Gasteiger partial charge in [-0.05, 0) is 53.0 Å². The molecule has 1 heterocycles. The molecule has 2 aromatic rings. The van der Waals surface area contributed by atoms with E-state index in [-0.39, 0.29) is 0 Å². The summed E-state index contributed by atoms with van der Waals surface area (Å²) in [5, 5.41) is 1.24. The SMILES string of the molecule is COc1ccc2c(c1)cc(Br)n2C1CC1. The van der Waals surface area contributed by atoms with E-state index in [9.17, 15) is 0 Å². The Bertz CT molecular complexity index is 514. The third kappa shape index (κ3) is 1.46. The van der Waals surface area contributed by atoms with E-state index < -0.39 is 0 Å². The first-order valence-corrected chi connectivity index (χ1v) is 5.93. The Morgan fingerprint density at radius 1 is 1.33 bits per heavy atom. The van der Waals surface area contributed by atoms with Crippen LogP contribution in [0.15, 0.2) is 28.9 Å². The zero-order chi connectivity index (χ0) is 10.4. The van der Waals surface area contributed by atoms with E-state index in [0.29, 0.717) is 6.04 Å². The zero-order valence-electron chi connectivity index (χ0n) is 8.53. The van der Waals surface area contributed by atoms with Crippen LogP contribution >= 0.6 is 15.9 Å². The minimum atomic E-state index is 0.699. The first kappa shape index (κ1) is 9.28. The van der Waals surface area contributed by atoms with Gasteiger partial charge in [-0.15, -0.1) is 0 Å². The second-order valence-corrected chi connectivity index (χ2v) is 4.81. The van der Waals surface area contributed by atoms with Gasteiger partial charge in [0.05, 0.1) is 11.7 Å². The van der Waals surface area contributed by atoms with Crippen molar-refractivity contribution in [1.29, 1.82) is 0 Å². The average molecular weight is 266 g/mol. The van der Waals surface area contributed by atoms with Crippen molar-refractivity contribution < 1.29 is 4.74 Å². The van der Waals surface area contributed by atoms with Crippen LogP contribution in [0.4, 0.5) is 0 Å². The number of benzene rings is 1. The van der Waals surface area contributed by atoms with E-state index >= 15 is 0 Å². The molecule has 0 bridgehead atoms. The van der Waals surface area contributed by atoms with Gasteiger partial charge in [-0.2, -0.15) is 0 Å². The summed E-state index contributed by atoms with van der Waals surface area (Å²) in [5.41, 5.74) is 1.30. The van der Waals surface area contributed by atoms with Gasteiger partial charge in [-0.3, -0.25) is 0 Å². The maximum Gasteiger partial charge on any atom is 0.119 e. The molecule has 1 aliphatic carbocycles. The van der Waals surface area contributed by atoms with Crippen LogP contribution in [0.1, 0.15) is 18.9 Å². The molecule has 1 aliphatic rings. The van der Waals surface area contributed by atoms with Gasteiger partial charge in [-0.1, -0.05) is 0 Å². The molecule has 1 aromatic heterocycles. The van der Waals surface area contributed by atoms with Gasteiger partial charge in [0.25, 0.3) is 0 Å². The van der Waals surface area contributed by atoms with Crippen molar-refractivity contribution in [3.8, 4) is 5.75 Å². The number of rotatable bonds is 2. The molecule has 0 radical (unpaired) electrons. The summed E-state index contributed by atoms with van der Waals surface area (Å²) >= 11 is 3.62. The highest BCUT2D eigenvalue weighted by Crippen LogP contribution is 2.41. The molecule has 3 rings (SSSR count). The minimum Gasteiger partial charge on any atom is -0.497 e. The summed E-state index contributed by atoms with van der Waals surface area (Å²) in [6, 6.07) is 9.10. The summed E-state index contributed by atoms with van der Waals surface area (Å²) in [7, 11) is 1.70. The predicted octanol–water partition coefficient (Wildman–Crippen LogP) is 3.75. The van der Waals surface area contributed by atoms with Crippen molar-refractivity contribution in [2.24, 2.45) is 0 Å². The summed E-state index contributed by atoms with van der Waals surface area (Å²) < 4.78 is 8.77. The molecule has 1 fully saturated rings. The van der Waals surface area contributed by atoms with Crippen LogP contribution in [-0.2, 0) is 0 Å². The van der Waals surface area contributed by atoms with Crippen LogP contribution in [0.25, 0.3) is 10.9 Å². The molecule has 1 aromatic carbocycles. The standard InChI is InChI=1S/C12H12BrNO/c1-15-10-4-5-11-8(6-10)7-12(13)14(11)9-2-3-9/h4-7,9H,2-3H2,1H3. The van der Waals surface area contributed by atoms with Gasteiger partial charge >= 0.3 is 0 Å². The van der Waals surface area contributed by atoms with Crippen LogP contribution in [-0.4, -0.2) is 11.7 Å². The van der Waals surface area contributed by atoms with Gasteiger partial charge in [0, 0.05) is 16.9 Å². The molecule has 3 heteroatoms. The van der Waals surface area contributed by atoms with Crippen molar-refractivity contribution in [2.75, 3.05) is 7.11 Å². The first-order chi connectivity index (χ1) is 7.29. The molecule has 0 N–H and O–H groups in total. The van der Waals surface area contributed by atoms with Crippen molar-refractivity contribution in [1.82, 2.24) is 4.57 Å². The monoisotopic (exact) mass is 265 g/mol. The van der Waals surface area contributed by atoms with Gasteiger partial charge < -0.3 is 9.30 Å². The highest BCUT2D eigenvalue weighted by molar-refractivity contribution is 9.10. The number of hydrogen-bond donors (Lipinski definition) is 0. The Morgan fingerprint density at radius 2 is 2.13 bits per heavy atom. The molecular formula is C12H12BrNO. The minimum absolute atomic E-state index is 0.699. The lowest BCUT2D eigenvalue weighted by atomic mass is 10.2. The molecule has 0 atom stereocenters. The van der Waals surface area contributed by atoms with Crippen molar-refractivity contribution >= 4 is 26.8 Å². The molecular weight excluding hydrogens is 254 g/mol. The number of nitrogens with zero attached hydrogens (tertiary/aromatic N) is 1. The van der Waals surface area contributed by atoms with Gasteiger partial charge in [0.15, 0.2) is 0 Å². The topological polar surface area (TPSA) is 14.2 Å². The van der Waals surface area contributed by atoms with Crippen molar-refractivity contribution in [3.63, 3.8) is 0 Å². The molecule has 0 spiro atoms. The van der Waals surface area contributed by atoms with Crippen LogP contribution < -0.4 is 4.74 Å². The fourth-order valence-electron chi connectivity index (χ4n) is 2.01. The molecule has 0 unspecified atom stereocenters. The second-order valence-electron chi connectivity index (χ2n) is 3.99. The van der Waals surface area contributed by atoms with Crippen molar-refractivity contribution in [3.05, 3.63) is 28.9 Å². The maximum atomic E-state index is 5.22. The number of halogens is 1. The predicted molar refractivity (Wildman–Crippen MR) is 64.5 cm³/mol. The molecule has 0 amide bonds. The Morgan fingerprint density at radius 3 is 2.80 bits per heavy atom. The van der Waals surface area contributed by atoms with E-state index in [0.717, 1.165) is 5.75 Å². The lowest BCUT2D eigenvalue weighted by Crippen LogP contribution is -1.92. The summed E-state index contributed by atoms with van der Waals surface area (Å²) in [6.07, 6.45) is 2.60. The normalized spacial score (nSPS) is 15.9. The highest BCUT2D eigenvalue weighted by Gasteiger charge is 2.26. The van der Waals surface area contributed by atoms with E-state index in [4.69, 9.17) is 4.74 Å². The van der Waals surface area contributed by atoms with Crippen LogP contribution in [0, 0.1) is 0 Å². The molecule has 2 nitrogen and oxygen atoms in total. The lowest BCUT2D eigenvalue weighted by molar-refractivity contribution is 0.415. The molecule has 0 saturated heterocycles. The average Bonchev–Trinajstić information content (AvgIpc) is 3.00. The number of fused-ring (bicyclic) bond motifs is 1. The maximum absolute atomic E-state index is 5.22. The second kappa shape index (κ2) is 3.27. The van der Waals surface area contributed by atoms with Gasteiger partial charge in [0.2, 0.25) is 0 Å². The fourth-order valence-corrected chi connectivity index (χ4v) is 2.74. The zero-order valence-corrected chi connectivity index (χ0v) is 10.1. The molecule has 1 saturated carbocycles. The summed E-state index contributed by atoms with van der Waals surface area (Å²) in [6.45, 7) is 0. The Hall–Kier alpha value is -0.960. The summed E-state index contributed by atoms with van der Waals surface area (Å²) in [5.74, 6) is 0.919. The fraction of sp³-hybridized carbons (Fsp3) is 0.333. The highest BCUT2D eigenvalue weighted by atomic mass is 79.9. The van der Waals surface area contributed by atoms with Crippen LogP contribution in [0.2, 0.25) is 0 Å². The third-order valence-electron chi connectivity index (χ3n) is 2.91. The quantitative estimate of drug-likeness (QED) is 0.807. The Kier molecular flexibility index (Phi) is 2.02. The van der Waals surface area contributed by atoms with E-state index in [2.05, 4.69) is 38.7 Å². The molecule has 15 heavy (non-hydrogen) atoms. The van der Waals surface area contributed by atoms with E-state index in [1.54, 1.807) is 7.11 Å². The Balaban J connectivity index is 2.23. The Labute approximate surface area is 97.0 Å². The number of aromatic nitrogens is 1. The molecule has 0 aliphatic heterocycles. The number of hydrogen-bond acceptors (Lipinski definition) is 1. The first-order valence-electron chi connectivity index (χ1n) is 5.14. The third-order valence-corrected chi connectivity index (χ3v) is 3.52. The smallest absolute Gasteiger partial charge is 0.119 e. The summed E-state index contributed by atoms with van der Waals surface area (Å²) in [4.78, 5) is 0. The van der Waals surface area contributed by atoms with Crippen LogP contribution in [0.3, 0.4) is 0 Å². The van der Waals surface area contributed by atoms with Crippen molar-refractivity contribution in [2.45, 2.75) is 18.9 Å². The number of ether oxygens (including phenoxy) is 1. The van der Waals surface area contributed by atoms with Crippen LogP contribution in [0.5, 0.6) is 5.75 Å². The number of methoxy groups -OCH3 is 1. The van der Waals surface area contributed by atoms with E-state index in [1.807, 2.05) is 6.07 Å². The lowest BCUT2D eigenvalue weighted by Gasteiger charge is -2.05. The van der Waals surface area contributed by atoms with E-state index in [1.165, 1.54) is 28.3 Å². The molecule has 78 valence electrons. The van der Waals surface area contributed by atoms with Gasteiger partial charge in [-0.25, -0.2) is 0 Å².